The Morgan fingerprint density at radius 2 is 1.70 bits per heavy atom. The molecule has 0 aromatic heterocycles. The first-order valence-electron chi connectivity index (χ1n) is 9.19. The quantitative estimate of drug-likeness (QED) is 0.620. The van der Waals surface area contributed by atoms with Crippen LogP contribution in [0.2, 0.25) is 10.0 Å². The molecule has 1 N–H and O–H groups in total. The third-order valence-corrected chi connectivity index (χ3v) is 7.20. The zero-order chi connectivity index (χ0) is 19.0. The van der Waals surface area contributed by atoms with Crippen LogP contribution in [-0.4, -0.2) is 28.7 Å². The maximum atomic E-state index is 13.1. The third kappa shape index (κ3) is 2.41. The van der Waals surface area contributed by atoms with Crippen molar-refractivity contribution >= 4 is 46.6 Å². The highest BCUT2D eigenvalue weighted by Crippen LogP contribution is 2.65. The Hall–Kier alpha value is -1.85. The number of rotatable bonds is 3. The van der Waals surface area contributed by atoms with Crippen molar-refractivity contribution in [2.75, 3.05) is 5.32 Å². The van der Waals surface area contributed by atoms with Crippen molar-refractivity contribution in [3.05, 3.63) is 40.4 Å². The molecule has 5 nitrogen and oxygen atoms in total. The molecule has 1 aliphatic heterocycles. The highest BCUT2D eigenvalue weighted by Gasteiger charge is 2.67. The monoisotopic (exact) mass is 404 g/mol. The number of likely N-dealkylation sites (tertiary alicyclic amines) is 1. The van der Waals surface area contributed by atoms with Gasteiger partial charge in [0.25, 0.3) is 0 Å². The summed E-state index contributed by atoms with van der Waals surface area (Å²) in [6.45, 7) is 1.59. The van der Waals surface area contributed by atoms with E-state index in [1.165, 1.54) is 11.0 Å². The number of halogens is 2. The molecule has 3 fully saturated rings. The van der Waals surface area contributed by atoms with E-state index in [9.17, 15) is 14.4 Å². The lowest BCUT2D eigenvalue weighted by Gasteiger charge is -2.37. The highest BCUT2D eigenvalue weighted by atomic mass is 35.5. The van der Waals surface area contributed by atoms with Gasteiger partial charge in [-0.05, 0) is 55.2 Å². The standard InChI is InChI=1S/C20H18Cl2N2O3/c1-8(18(25)23-15-5-2-9(21)6-14(15)22)24-19(26)16-10-3-4-11(13-7-12(10)13)17(16)20(24)27/h2-6,8,10-13,16-17H,7H2,1H3,(H,23,25). The van der Waals surface area contributed by atoms with Crippen LogP contribution >= 0.6 is 23.2 Å². The number of benzene rings is 1. The van der Waals surface area contributed by atoms with Crippen molar-refractivity contribution in [3.63, 3.8) is 0 Å². The molecule has 1 heterocycles. The van der Waals surface area contributed by atoms with Gasteiger partial charge in [0.2, 0.25) is 17.7 Å². The Bertz CT molecular complexity index is 878. The number of anilines is 1. The van der Waals surface area contributed by atoms with Crippen LogP contribution in [0.4, 0.5) is 5.69 Å². The van der Waals surface area contributed by atoms with Gasteiger partial charge in [-0.25, -0.2) is 0 Å². The zero-order valence-electron chi connectivity index (χ0n) is 14.6. The minimum Gasteiger partial charge on any atom is -0.323 e. The number of hydrogen-bond acceptors (Lipinski definition) is 3. The number of carbonyl (C=O) groups excluding carboxylic acids is 3. The molecule has 3 amide bonds. The molecular weight excluding hydrogens is 387 g/mol. The summed E-state index contributed by atoms with van der Waals surface area (Å²) in [5, 5.41) is 3.46. The number of allylic oxidation sites excluding steroid dienone is 2. The Labute approximate surface area is 166 Å². The van der Waals surface area contributed by atoms with Gasteiger partial charge in [-0.1, -0.05) is 35.4 Å². The fourth-order valence-electron chi connectivity index (χ4n) is 5.31. The minimum absolute atomic E-state index is 0.146. The first-order valence-corrected chi connectivity index (χ1v) is 9.95. The minimum atomic E-state index is -0.891. The summed E-state index contributed by atoms with van der Waals surface area (Å²) >= 11 is 12.0. The second-order valence-electron chi connectivity index (χ2n) is 7.99. The Morgan fingerprint density at radius 3 is 2.26 bits per heavy atom. The van der Waals surface area contributed by atoms with Crippen molar-refractivity contribution in [1.29, 1.82) is 0 Å². The molecule has 6 rings (SSSR count). The Kier molecular flexibility index (Phi) is 3.72. The molecule has 1 saturated heterocycles. The number of nitrogens with zero attached hydrogens (tertiary/aromatic N) is 1. The summed E-state index contributed by atoms with van der Waals surface area (Å²) in [7, 11) is 0. The molecule has 2 bridgehead atoms. The summed E-state index contributed by atoms with van der Waals surface area (Å²) < 4.78 is 0. The lowest BCUT2D eigenvalue weighted by Crippen LogP contribution is -2.46. The van der Waals surface area contributed by atoms with E-state index in [0.29, 0.717) is 27.6 Å². The van der Waals surface area contributed by atoms with Crippen LogP contribution in [-0.2, 0) is 14.4 Å². The smallest absolute Gasteiger partial charge is 0.247 e. The van der Waals surface area contributed by atoms with Gasteiger partial charge in [0.15, 0.2) is 0 Å². The van der Waals surface area contributed by atoms with Crippen molar-refractivity contribution in [2.24, 2.45) is 35.5 Å². The largest absolute Gasteiger partial charge is 0.323 e. The molecule has 7 heteroatoms. The maximum Gasteiger partial charge on any atom is 0.247 e. The molecule has 1 aromatic carbocycles. The van der Waals surface area contributed by atoms with E-state index >= 15 is 0 Å². The number of nitrogens with one attached hydrogen (secondary N) is 1. The van der Waals surface area contributed by atoms with E-state index in [0.717, 1.165) is 6.42 Å². The average Bonchev–Trinajstić information content (AvgIpc) is 3.41. The van der Waals surface area contributed by atoms with Crippen LogP contribution in [0.25, 0.3) is 0 Å². The lowest BCUT2D eigenvalue weighted by molar-refractivity contribution is -0.146. The molecule has 0 spiro atoms. The molecule has 7 atom stereocenters. The van der Waals surface area contributed by atoms with Crippen molar-refractivity contribution in [3.8, 4) is 0 Å². The predicted octanol–water partition coefficient (Wildman–Crippen LogP) is 3.37. The SMILES string of the molecule is CC(C(=O)Nc1ccc(Cl)cc1Cl)N1C(=O)C2C3C=CC(C4CC34)C2C1=O. The fourth-order valence-corrected chi connectivity index (χ4v) is 5.76. The van der Waals surface area contributed by atoms with E-state index in [1.807, 2.05) is 0 Å². The second kappa shape index (κ2) is 5.82. The number of hydrogen-bond donors (Lipinski definition) is 1. The fraction of sp³-hybridized carbons (Fsp3) is 0.450. The van der Waals surface area contributed by atoms with Gasteiger partial charge in [0.1, 0.15) is 6.04 Å². The second-order valence-corrected chi connectivity index (χ2v) is 8.83. The van der Waals surface area contributed by atoms with Gasteiger partial charge in [-0.2, -0.15) is 0 Å². The molecule has 2 saturated carbocycles. The van der Waals surface area contributed by atoms with E-state index < -0.39 is 11.9 Å². The number of amides is 3. The van der Waals surface area contributed by atoms with Gasteiger partial charge in [0, 0.05) is 5.02 Å². The van der Waals surface area contributed by atoms with E-state index in [-0.39, 0.29) is 35.5 Å². The molecule has 4 aliphatic carbocycles. The molecular formula is C20H18Cl2N2O3. The van der Waals surface area contributed by atoms with Crippen LogP contribution < -0.4 is 5.32 Å². The van der Waals surface area contributed by atoms with Gasteiger partial charge < -0.3 is 5.32 Å². The van der Waals surface area contributed by atoms with Crippen molar-refractivity contribution < 1.29 is 14.4 Å². The molecule has 27 heavy (non-hydrogen) atoms. The normalized spacial score (nSPS) is 36.5. The number of imide groups is 1. The van der Waals surface area contributed by atoms with E-state index in [1.54, 1.807) is 19.1 Å². The first kappa shape index (κ1) is 17.3. The lowest BCUT2D eigenvalue weighted by atomic mass is 9.63. The summed E-state index contributed by atoms with van der Waals surface area (Å²) in [5.74, 6) is -0.0925. The molecule has 0 radical (unpaired) electrons. The van der Waals surface area contributed by atoms with E-state index in [4.69, 9.17) is 23.2 Å². The van der Waals surface area contributed by atoms with Crippen LogP contribution in [0.1, 0.15) is 13.3 Å². The van der Waals surface area contributed by atoms with Gasteiger partial charge in [-0.15, -0.1) is 0 Å². The Morgan fingerprint density at radius 1 is 1.11 bits per heavy atom. The van der Waals surface area contributed by atoms with Crippen LogP contribution in [0.15, 0.2) is 30.4 Å². The summed E-state index contributed by atoms with van der Waals surface area (Å²) in [6.07, 6.45) is 5.35. The van der Waals surface area contributed by atoms with Crippen LogP contribution in [0.5, 0.6) is 0 Å². The van der Waals surface area contributed by atoms with Gasteiger partial charge in [-0.3, -0.25) is 19.3 Å². The molecule has 5 aliphatic rings. The third-order valence-electron chi connectivity index (χ3n) is 6.65. The Balaban J connectivity index is 1.38. The van der Waals surface area contributed by atoms with Crippen molar-refractivity contribution in [1.82, 2.24) is 4.90 Å². The molecule has 1 aromatic rings. The predicted molar refractivity (Wildman–Crippen MR) is 101 cm³/mol. The van der Waals surface area contributed by atoms with Crippen LogP contribution in [0, 0.1) is 35.5 Å². The maximum absolute atomic E-state index is 13.1. The average molecular weight is 405 g/mol. The van der Waals surface area contributed by atoms with E-state index in [2.05, 4.69) is 17.5 Å². The molecule has 140 valence electrons. The van der Waals surface area contributed by atoms with Crippen LogP contribution in [0.3, 0.4) is 0 Å². The van der Waals surface area contributed by atoms with Gasteiger partial charge >= 0.3 is 0 Å². The molecule has 7 unspecified atom stereocenters. The highest BCUT2D eigenvalue weighted by molar-refractivity contribution is 6.36. The van der Waals surface area contributed by atoms with Gasteiger partial charge in [0.05, 0.1) is 22.5 Å². The first-order chi connectivity index (χ1) is 12.9. The topological polar surface area (TPSA) is 66.5 Å². The number of carbonyl (C=O) groups is 3. The zero-order valence-corrected chi connectivity index (χ0v) is 16.1. The summed E-state index contributed by atoms with van der Waals surface area (Å²) in [4.78, 5) is 40.0. The summed E-state index contributed by atoms with van der Waals surface area (Å²) in [5.41, 5.74) is 0.400. The summed E-state index contributed by atoms with van der Waals surface area (Å²) in [6, 6.07) is 3.85. The van der Waals surface area contributed by atoms with Crippen molar-refractivity contribution in [2.45, 2.75) is 19.4 Å².